The third-order valence-corrected chi connectivity index (χ3v) is 10.5. The van der Waals surface area contributed by atoms with Crippen molar-refractivity contribution in [2.24, 2.45) is 46.3 Å². The van der Waals surface area contributed by atoms with Gasteiger partial charge in [0.05, 0.1) is 6.10 Å². The fourth-order valence-electron chi connectivity index (χ4n) is 8.95. The van der Waals surface area contributed by atoms with Gasteiger partial charge in [-0.2, -0.15) is 0 Å². The first kappa shape index (κ1) is 22.6. The Morgan fingerprint density at radius 1 is 1.03 bits per heavy atom. The number of carbonyl (C=O) groups excluding carboxylic acids is 1. The molecule has 0 heterocycles. The van der Waals surface area contributed by atoms with Crippen LogP contribution in [-0.2, 0) is 14.3 Å². The molecule has 4 aliphatic rings. The van der Waals surface area contributed by atoms with Crippen LogP contribution in [0, 0.1) is 46.3 Å². The Hall–Kier alpha value is -0.610. The third-order valence-electron chi connectivity index (χ3n) is 10.5. The van der Waals surface area contributed by atoms with E-state index < -0.39 is 0 Å². The van der Waals surface area contributed by atoms with Crippen LogP contribution in [0.25, 0.3) is 0 Å². The van der Waals surface area contributed by atoms with Crippen molar-refractivity contribution in [1.82, 2.24) is 0 Å². The standard InChI is InChI=1S/C26H44O4/c1-17(5-10-24(28)30-16-29-4)21-8-9-22-20-7-6-18-15-19(27)11-13-25(18,2)23(20)12-14-26(21,22)3/h17-23,27H,5-16H2,1-4H3. The van der Waals surface area contributed by atoms with Crippen molar-refractivity contribution >= 4 is 5.97 Å². The number of rotatable bonds is 6. The molecule has 0 aromatic carbocycles. The van der Waals surface area contributed by atoms with Crippen molar-refractivity contribution in [3.63, 3.8) is 0 Å². The van der Waals surface area contributed by atoms with Crippen LogP contribution in [0.4, 0.5) is 0 Å². The molecule has 30 heavy (non-hydrogen) atoms. The van der Waals surface area contributed by atoms with Gasteiger partial charge in [0.1, 0.15) is 0 Å². The quantitative estimate of drug-likeness (QED) is 0.451. The van der Waals surface area contributed by atoms with E-state index in [1.807, 2.05) is 0 Å². The lowest BCUT2D eigenvalue weighted by atomic mass is 9.44. The second kappa shape index (κ2) is 8.73. The van der Waals surface area contributed by atoms with E-state index >= 15 is 0 Å². The average Bonchev–Trinajstić information content (AvgIpc) is 3.08. The molecule has 4 aliphatic carbocycles. The molecule has 0 radical (unpaired) electrons. The van der Waals surface area contributed by atoms with Gasteiger partial charge in [-0.1, -0.05) is 20.8 Å². The van der Waals surface area contributed by atoms with Gasteiger partial charge in [0.2, 0.25) is 0 Å². The lowest BCUT2D eigenvalue weighted by Gasteiger charge is -2.61. The van der Waals surface area contributed by atoms with Gasteiger partial charge in [-0.05, 0) is 111 Å². The molecule has 9 atom stereocenters. The Bertz CT molecular complexity index is 620. The predicted molar refractivity (Wildman–Crippen MR) is 118 cm³/mol. The highest BCUT2D eigenvalue weighted by molar-refractivity contribution is 5.69. The van der Waals surface area contributed by atoms with E-state index in [0.717, 1.165) is 48.9 Å². The number of hydrogen-bond acceptors (Lipinski definition) is 4. The molecule has 0 aromatic rings. The summed E-state index contributed by atoms with van der Waals surface area (Å²) in [7, 11) is 1.55. The number of esters is 1. The van der Waals surface area contributed by atoms with Crippen molar-refractivity contribution < 1.29 is 19.4 Å². The summed E-state index contributed by atoms with van der Waals surface area (Å²) in [6.45, 7) is 7.60. The fraction of sp³-hybridized carbons (Fsp3) is 0.962. The highest BCUT2D eigenvalue weighted by atomic mass is 16.7. The number of aliphatic hydroxyl groups is 1. The monoisotopic (exact) mass is 420 g/mol. The number of carbonyl (C=O) groups is 1. The van der Waals surface area contributed by atoms with Gasteiger partial charge in [0.25, 0.3) is 0 Å². The van der Waals surface area contributed by atoms with E-state index in [9.17, 15) is 9.90 Å². The SMILES string of the molecule is COCOC(=O)CCC(C)C1CCC2C3CCC4CC(O)CCC4(C)C3CCC12C. The Kier molecular flexibility index (Phi) is 6.57. The van der Waals surface area contributed by atoms with Gasteiger partial charge in [0.15, 0.2) is 6.79 Å². The molecule has 9 unspecified atom stereocenters. The number of hydrogen-bond donors (Lipinski definition) is 1. The first-order chi connectivity index (χ1) is 14.3. The highest BCUT2D eigenvalue weighted by Gasteiger charge is 2.60. The second-order valence-electron chi connectivity index (χ2n) is 11.8. The molecule has 0 aliphatic heterocycles. The summed E-state index contributed by atoms with van der Waals surface area (Å²) < 4.78 is 9.95. The van der Waals surface area contributed by atoms with Crippen molar-refractivity contribution in [3.05, 3.63) is 0 Å². The summed E-state index contributed by atoms with van der Waals surface area (Å²) >= 11 is 0. The maximum Gasteiger partial charge on any atom is 0.307 e. The average molecular weight is 421 g/mol. The minimum atomic E-state index is -0.127. The lowest BCUT2D eigenvalue weighted by molar-refractivity contribution is -0.154. The minimum absolute atomic E-state index is 0.0548. The van der Waals surface area contributed by atoms with Gasteiger partial charge < -0.3 is 14.6 Å². The lowest BCUT2D eigenvalue weighted by Crippen LogP contribution is -2.54. The molecule has 4 rings (SSSR count). The van der Waals surface area contributed by atoms with Crippen molar-refractivity contribution in [3.8, 4) is 0 Å². The van der Waals surface area contributed by atoms with Crippen molar-refractivity contribution in [2.75, 3.05) is 13.9 Å². The zero-order valence-electron chi connectivity index (χ0n) is 19.7. The van der Waals surface area contributed by atoms with Crippen molar-refractivity contribution in [1.29, 1.82) is 0 Å². The van der Waals surface area contributed by atoms with Crippen LogP contribution in [0.2, 0.25) is 0 Å². The molecule has 0 saturated heterocycles. The smallest absolute Gasteiger partial charge is 0.307 e. The zero-order valence-corrected chi connectivity index (χ0v) is 19.7. The Morgan fingerprint density at radius 3 is 2.53 bits per heavy atom. The molecule has 1 N–H and O–H groups in total. The van der Waals surface area contributed by atoms with E-state index in [2.05, 4.69) is 20.8 Å². The molecular weight excluding hydrogens is 376 g/mol. The Labute approximate surface area is 183 Å². The molecule has 0 spiro atoms. The molecule has 4 nitrogen and oxygen atoms in total. The summed E-state index contributed by atoms with van der Waals surface area (Å²) in [5.74, 6) is 4.51. The summed E-state index contributed by atoms with van der Waals surface area (Å²) in [5, 5.41) is 10.2. The number of fused-ring (bicyclic) bond motifs is 5. The van der Waals surface area contributed by atoms with E-state index in [4.69, 9.17) is 9.47 Å². The maximum absolute atomic E-state index is 11.9. The van der Waals surface area contributed by atoms with Crippen LogP contribution < -0.4 is 0 Å². The van der Waals surface area contributed by atoms with Crippen LogP contribution in [0.5, 0.6) is 0 Å². The normalized spacial score (nSPS) is 46.4. The van der Waals surface area contributed by atoms with Crippen molar-refractivity contribution in [2.45, 2.75) is 97.5 Å². The zero-order chi connectivity index (χ0) is 21.5. The molecule has 4 heteroatoms. The first-order valence-corrected chi connectivity index (χ1v) is 12.6. The predicted octanol–water partition coefficient (Wildman–Crippen LogP) is 5.57. The van der Waals surface area contributed by atoms with Crippen LogP contribution in [-0.4, -0.2) is 31.1 Å². The van der Waals surface area contributed by atoms with Gasteiger partial charge in [-0.3, -0.25) is 4.79 Å². The van der Waals surface area contributed by atoms with Gasteiger partial charge in [0, 0.05) is 13.5 Å². The van der Waals surface area contributed by atoms with Crippen LogP contribution in [0.3, 0.4) is 0 Å². The molecule has 172 valence electrons. The number of aliphatic hydroxyl groups excluding tert-OH is 1. The van der Waals surface area contributed by atoms with Gasteiger partial charge >= 0.3 is 5.97 Å². The minimum Gasteiger partial charge on any atom is -0.438 e. The molecule has 4 saturated carbocycles. The molecule has 0 bridgehead atoms. The van der Waals surface area contributed by atoms with E-state index in [-0.39, 0.29) is 18.9 Å². The third kappa shape index (κ3) is 3.85. The number of ether oxygens (including phenoxy) is 2. The summed E-state index contributed by atoms with van der Waals surface area (Å²) in [6.07, 6.45) is 12.8. The molecular formula is C26H44O4. The second-order valence-corrected chi connectivity index (χ2v) is 11.8. The maximum atomic E-state index is 11.9. The Balaban J connectivity index is 1.42. The van der Waals surface area contributed by atoms with E-state index in [1.54, 1.807) is 7.11 Å². The fourth-order valence-corrected chi connectivity index (χ4v) is 8.95. The number of methoxy groups -OCH3 is 1. The molecule has 0 amide bonds. The van der Waals surface area contributed by atoms with E-state index in [1.165, 1.54) is 44.9 Å². The summed E-state index contributed by atoms with van der Waals surface area (Å²) in [6, 6.07) is 0. The highest BCUT2D eigenvalue weighted by Crippen LogP contribution is 2.68. The summed E-state index contributed by atoms with van der Waals surface area (Å²) in [4.78, 5) is 11.9. The van der Waals surface area contributed by atoms with E-state index in [0.29, 0.717) is 23.2 Å². The largest absolute Gasteiger partial charge is 0.438 e. The molecule has 0 aromatic heterocycles. The summed E-state index contributed by atoms with van der Waals surface area (Å²) in [5.41, 5.74) is 0.896. The van der Waals surface area contributed by atoms with Crippen LogP contribution in [0.1, 0.15) is 91.4 Å². The molecule has 4 fully saturated rings. The topological polar surface area (TPSA) is 55.8 Å². The van der Waals surface area contributed by atoms with Crippen LogP contribution >= 0.6 is 0 Å². The van der Waals surface area contributed by atoms with Gasteiger partial charge in [-0.15, -0.1) is 0 Å². The Morgan fingerprint density at radius 2 is 1.77 bits per heavy atom. The van der Waals surface area contributed by atoms with Crippen LogP contribution in [0.15, 0.2) is 0 Å². The van der Waals surface area contributed by atoms with Gasteiger partial charge in [-0.25, -0.2) is 0 Å². The first-order valence-electron chi connectivity index (χ1n) is 12.6.